The molecule has 0 spiro atoms. The van der Waals surface area contributed by atoms with Crippen LogP contribution in [0.4, 0.5) is 0 Å². The van der Waals surface area contributed by atoms with Gasteiger partial charge in [0.15, 0.2) is 15.9 Å². The minimum atomic E-state index is -1.47. The molecule has 0 radical (unpaired) electrons. The third-order valence-corrected chi connectivity index (χ3v) is 4.96. The molecule has 2 heterocycles. The molecular formula is C13H9Cl2N3O4S2. The molecule has 2 aromatic rings. The van der Waals surface area contributed by atoms with E-state index in [2.05, 4.69) is 15.3 Å². The van der Waals surface area contributed by atoms with Crippen LogP contribution in [0.2, 0.25) is 9.62 Å². The maximum absolute atomic E-state index is 11.4. The maximum atomic E-state index is 11.4. The van der Waals surface area contributed by atoms with Crippen molar-refractivity contribution in [2.45, 2.75) is 6.54 Å². The highest BCUT2D eigenvalue weighted by Gasteiger charge is 2.20. The first-order valence-corrected chi connectivity index (χ1v) is 8.66. The van der Waals surface area contributed by atoms with E-state index in [1.165, 1.54) is 17.6 Å². The van der Waals surface area contributed by atoms with Gasteiger partial charge in [0, 0.05) is 11.1 Å². The van der Waals surface area contributed by atoms with E-state index >= 15 is 0 Å². The van der Waals surface area contributed by atoms with Crippen LogP contribution in [0.15, 0.2) is 33.9 Å². The SMILES string of the molecule is O=C(O)/C(N=Cc1cccs1)=C(/NCc1sc(Cl)nc1Cl)C(=O)O. The maximum Gasteiger partial charge on any atom is 0.356 e. The van der Waals surface area contributed by atoms with Gasteiger partial charge in [-0.3, -0.25) is 0 Å². The zero-order chi connectivity index (χ0) is 17.7. The number of thiazole rings is 1. The highest BCUT2D eigenvalue weighted by molar-refractivity contribution is 7.16. The first-order chi connectivity index (χ1) is 11.4. The van der Waals surface area contributed by atoms with Gasteiger partial charge in [-0.05, 0) is 11.4 Å². The quantitative estimate of drug-likeness (QED) is 0.481. The Labute approximate surface area is 153 Å². The number of nitrogens with one attached hydrogen (secondary N) is 1. The average molecular weight is 406 g/mol. The highest BCUT2D eigenvalue weighted by Crippen LogP contribution is 2.26. The van der Waals surface area contributed by atoms with Gasteiger partial charge in [0.25, 0.3) is 0 Å². The molecule has 7 nitrogen and oxygen atoms in total. The zero-order valence-corrected chi connectivity index (χ0v) is 14.8. The molecule has 0 unspecified atom stereocenters. The van der Waals surface area contributed by atoms with Gasteiger partial charge in [0.05, 0.1) is 11.4 Å². The van der Waals surface area contributed by atoms with Crippen molar-refractivity contribution in [3.8, 4) is 0 Å². The van der Waals surface area contributed by atoms with Crippen molar-refractivity contribution in [1.29, 1.82) is 0 Å². The summed E-state index contributed by atoms with van der Waals surface area (Å²) >= 11 is 14.0. The van der Waals surface area contributed by atoms with Gasteiger partial charge >= 0.3 is 11.9 Å². The molecule has 0 saturated carbocycles. The second-order valence-corrected chi connectivity index (χ2v) is 7.14. The zero-order valence-electron chi connectivity index (χ0n) is 11.7. The molecule has 0 aliphatic carbocycles. The van der Waals surface area contributed by atoms with Crippen LogP contribution < -0.4 is 5.32 Å². The Kier molecular flexibility index (Phi) is 6.32. The van der Waals surface area contributed by atoms with E-state index in [9.17, 15) is 19.8 Å². The number of aromatic nitrogens is 1. The lowest BCUT2D eigenvalue weighted by molar-refractivity contribution is -0.136. The fourth-order valence-electron chi connectivity index (χ4n) is 1.56. The smallest absolute Gasteiger partial charge is 0.356 e. The predicted molar refractivity (Wildman–Crippen MR) is 93.2 cm³/mol. The van der Waals surface area contributed by atoms with Crippen molar-refractivity contribution in [2.24, 2.45) is 4.99 Å². The molecule has 2 aromatic heterocycles. The summed E-state index contributed by atoms with van der Waals surface area (Å²) < 4.78 is 0.201. The van der Waals surface area contributed by atoms with Crippen LogP contribution in [-0.4, -0.2) is 33.4 Å². The fourth-order valence-corrected chi connectivity index (χ4v) is 3.49. The molecule has 0 aliphatic heterocycles. The minimum Gasteiger partial charge on any atom is -0.477 e. The number of nitrogens with zero attached hydrogens (tertiary/aromatic N) is 2. The largest absolute Gasteiger partial charge is 0.477 e. The van der Waals surface area contributed by atoms with E-state index in [0.29, 0.717) is 9.75 Å². The number of thiophene rings is 1. The molecule has 0 fully saturated rings. The van der Waals surface area contributed by atoms with Crippen LogP contribution in [0.25, 0.3) is 0 Å². The van der Waals surface area contributed by atoms with Gasteiger partial charge in [0.2, 0.25) is 0 Å². The van der Waals surface area contributed by atoms with Gasteiger partial charge in [-0.1, -0.05) is 29.3 Å². The summed E-state index contributed by atoms with van der Waals surface area (Å²) in [5.41, 5.74) is -1.18. The first kappa shape index (κ1) is 18.4. The topological polar surface area (TPSA) is 112 Å². The number of halogens is 2. The minimum absolute atomic E-state index is 0.0455. The van der Waals surface area contributed by atoms with E-state index in [-0.39, 0.29) is 16.2 Å². The van der Waals surface area contributed by atoms with E-state index in [1.807, 2.05) is 0 Å². The summed E-state index contributed by atoms with van der Waals surface area (Å²) in [7, 11) is 0. The molecule has 2 rings (SSSR count). The van der Waals surface area contributed by atoms with Gasteiger partial charge in [-0.15, -0.1) is 22.7 Å². The van der Waals surface area contributed by atoms with Crippen molar-refractivity contribution in [3.63, 3.8) is 0 Å². The van der Waals surface area contributed by atoms with Crippen LogP contribution in [-0.2, 0) is 16.1 Å². The van der Waals surface area contributed by atoms with Gasteiger partial charge in [0.1, 0.15) is 5.15 Å². The van der Waals surface area contributed by atoms with Crippen molar-refractivity contribution in [3.05, 3.63) is 48.3 Å². The normalized spacial score (nSPS) is 12.2. The monoisotopic (exact) mass is 405 g/mol. The third-order valence-electron chi connectivity index (χ3n) is 2.57. The summed E-state index contributed by atoms with van der Waals surface area (Å²) in [6.45, 7) is -0.0455. The van der Waals surface area contributed by atoms with Crippen LogP contribution in [0, 0.1) is 0 Å². The Morgan fingerprint density at radius 3 is 2.58 bits per heavy atom. The number of hydrogen-bond donors (Lipinski definition) is 3. The first-order valence-electron chi connectivity index (χ1n) is 6.21. The average Bonchev–Trinajstić information content (AvgIpc) is 3.11. The number of hydrogen-bond acceptors (Lipinski definition) is 7. The summed E-state index contributed by atoms with van der Waals surface area (Å²) in [5.74, 6) is -2.93. The highest BCUT2D eigenvalue weighted by atomic mass is 35.5. The van der Waals surface area contributed by atoms with Crippen molar-refractivity contribution >= 4 is 64.0 Å². The molecule has 0 amide bonds. The van der Waals surface area contributed by atoms with Crippen LogP contribution >= 0.6 is 45.9 Å². The summed E-state index contributed by atoms with van der Waals surface area (Å²) in [6.07, 6.45) is 1.29. The molecule has 3 N–H and O–H groups in total. The van der Waals surface area contributed by atoms with Crippen molar-refractivity contribution < 1.29 is 19.8 Å². The molecule has 11 heteroatoms. The molecule has 0 bridgehead atoms. The molecule has 0 aliphatic rings. The molecule has 0 saturated heterocycles. The van der Waals surface area contributed by atoms with Crippen LogP contribution in [0.1, 0.15) is 9.75 Å². The van der Waals surface area contributed by atoms with Crippen molar-refractivity contribution in [2.75, 3.05) is 0 Å². The van der Waals surface area contributed by atoms with Crippen LogP contribution in [0.5, 0.6) is 0 Å². The fraction of sp³-hybridized carbons (Fsp3) is 0.0769. The summed E-state index contributed by atoms with van der Waals surface area (Å²) in [5, 5.41) is 23.0. The number of rotatable bonds is 7. The lowest BCUT2D eigenvalue weighted by atomic mass is 10.3. The van der Waals surface area contributed by atoms with E-state index in [1.54, 1.807) is 17.5 Å². The number of carboxylic acid groups (broad SMARTS) is 2. The Balaban J connectivity index is 2.29. The van der Waals surface area contributed by atoms with E-state index in [4.69, 9.17) is 23.2 Å². The molecule has 0 atom stereocenters. The third kappa shape index (κ3) is 4.78. The molecular weight excluding hydrogens is 397 g/mol. The summed E-state index contributed by atoms with van der Waals surface area (Å²) in [6, 6.07) is 3.49. The van der Waals surface area contributed by atoms with Crippen LogP contribution in [0.3, 0.4) is 0 Å². The second-order valence-electron chi connectivity index (χ2n) is 4.14. The van der Waals surface area contributed by atoms with Gasteiger partial charge < -0.3 is 15.5 Å². The Hall–Kier alpha value is -1.94. The van der Waals surface area contributed by atoms with Gasteiger partial charge in [-0.2, -0.15) is 0 Å². The number of carbonyl (C=O) groups is 2. The van der Waals surface area contributed by atoms with Gasteiger partial charge in [-0.25, -0.2) is 19.6 Å². The Morgan fingerprint density at radius 1 is 1.33 bits per heavy atom. The lowest BCUT2D eigenvalue weighted by Gasteiger charge is -2.07. The van der Waals surface area contributed by atoms with E-state index in [0.717, 1.165) is 11.3 Å². The number of aliphatic carboxylic acids is 2. The standard InChI is InChI=1S/C13H9Cl2N3O4S2/c14-10-7(24-13(15)18-10)5-17-9(12(21)22)8(11(19)20)16-4-6-2-1-3-23-6/h1-4,17H,5H2,(H,19,20)(H,21,22)/b9-8-,16-4?. The lowest BCUT2D eigenvalue weighted by Crippen LogP contribution is -2.24. The number of carboxylic acids is 2. The molecule has 0 aromatic carbocycles. The number of aliphatic imine (C=N–C) groups is 1. The second kappa shape index (κ2) is 8.25. The molecule has 126 valence electrons. The van der Waals surface area contributed by atoms with E-state index < -0.39 is 23.3 Å². The Bertz CT molecular complexity index is 815. The summed E-state index contributed by atoms with van der Waals surface area (Å²) in [4.78, 5) is 31.5. The predicted octanol–water partition coefficient (Wildman–Crippen LogP) is 3.10. The van der Waals surface area contributed by atoms with Crippen molar-refractivity contribution in [1.82, 2.24) is 10.3 Å². The molecule has 24 heavy (non-hydrogen) atoms. The Morgan fingerprint density at radius 2 is 2.08 bits per heavy atom.